The summed E-state index contributed by atoms with van der Waals surface area (Å²) in [6.07, 6.45) is -0.636. The zero-order valence-electron chi connectivity index (χ0n) is 11.0. The minimum atomic E-state index is -0.636. The molecule has 0 amide bonds. The van der Waals surface area contributed by atoms with Gasteiger partial charge in [-0.25, -0.2) is 0 Å². The summed E-state index contributed by atoms with van der Waals surface area (Å²) >= 11 is 15.1. The molecule has 6 heteroatoms. The van der Waals surface area contributed by atoms with Crippen LogP contribution in [0.25, 0.3) is 0 Å². The van der Waals surface area contributed by atoms with E-state index in [1.807, 2.05) is 12.1 Å². The van der Waals surface area contributed by atoms with Gasteiger partial charge in [0.05, 0.1) is 5.02 Å². The molecule has 3 nitrogen and oxygen atoms in total. The van der Waals surface area contributed by atoms with E-state index in [0.29, 0.717) is 22.3 Å². The summed E-state index contributed by atoms with van der Waals surface area (Å²) in [5.74, 6) is 0.671. The number of aliphatic hydroxyl groups is 1. The Hall–Kier alpha value is -0.940. The summed E-state index contributed by atoms with van der Waals surface area (Å²) < 4.78 is 6.31. The zero-order valence-corrected chi connectivity index (χ0v) is 14.1. The third kappa shape index (κ3) is 5.40. The highest BCUT2D eigenvalue weighted by Gasteiger charge is 2.06. The second-order valence-electron chi connectivity index (χ2n) is 4.43. The molecule has 0 bridgehead atoms. The summed E-state index contributed by atoms with van der Waals surface area (Å²) in [6, 6.07) is 12.5. The minimum Gasteiger partial charge on any atom is -0.491 e. The van der Waals surface area contributed by atoms with Crippen LogP contribution in [0, 0.1) is 0 Å². The van der Waals surface area contributed by atoms with E-state index in [4.69, 9.17) is 27.9 Å². The van der Waals surface area contributed by atoms with E-state index in [1.165, 1.54) is 0 Å². The highest BCUT2D eigenvalue weighted by atomic mass is 79.9. The van der Waals surface area contributed by atoms with E-state index in [1.54, 1.807) is 30.3 Å². The highest BCUT2D eigenvalue weighted by Crippen LogP contribution is 2.25. The van der Waals surface area contributed by atoms with Gasteiger partial charge in [-0.1, -0.05) is 23.2 Å². The van der Waals surface area contributed by atoms with Crippen molar-refractivity contribution < 1.29 is 9.84 Å². The number of hydrogen-bond donors (Lipinski definition) is 2. The van der Waals surface area contributed by atoms with Crippen molar-refractivity contribution in [1.82, 2.24) is 0 Å². The van der Waals surface area contributed by atoms with E-state index >= 15 is 0 Å². The van der Waals surface area contributed by atoms with Crippen LogP contribution in [-0.4, -0.2) is 24.4 Å². The van der Waals surface area contributed by atoms with Crippen LogP contribution in [0.5, 0.6) is 5.75 Å². The van der Waals surface area contributed by atoms with Crippen LogP contribution in [0.1, 0.15) is 0 Å². The molecular formula is C15H14BrCl2NO2. The minimum absolute atomic E-state index is 0.193. The number of rotatable bonds is 6. The Labute approximate surface area is 142 Å². The molecule has 0 aliphatic heterocycles. The van der Waals surface area contributed by atoms with Crippen LogP contribution in [-0.2, 0) is 0 Å². The van der Waals surface area contributed by atoms with E-state index in [0.717, 1.165) is 10.2 Å². The van der Waals surface area contributed by atoms with Gasteiger partial charge in [0, 0.05) is 21.7 Å². The van der Waals surface area contributed by atoms with Crippen LogP contribution in [0.4, 0.5) is 5.69 Å². The molecule has 0 fully saturated rings. The van der Waals surface area contributed by atoms with E-state index in [-0.39, 0.29) is 6.61 Å². The molecule has 2 N–H and O–H groups in total. The predicted molar refractivity (Wildman–Crippen MR) is 90.6 cm³/mol. The van der Waals surface area contributed by atoms with Gasteiger partial charge in [0.1, 0.15) is 18.5 Å². The van der Waals surface area contributed by atoms with Crippen LogP contribution in [0.15, 0.2) is 46.9 Å². The maximum Gasteiger partial charge on any atom is 0.119 e. The number of nitrogens with one attached hydrogen (secondary N) is 1. The van der Waals surface area contributed by atoms with E-state index in [9.17, 15) is 5.11 Å². The van der Waals surface area contributed by atoms with Gasteiger partial charge < -0.3 is 15.2 Å². The van der Waals surface area contributed by atoms with E-state index in [2.05, 4.69) is 21.2 Å². The maximum atomic E-state index is 9.89. The Morgan fingerprint density at radius 2 is 1.86 bits per heavy atom. The number of ether oxygens (including phenoxy) is 1. The van der Waals surface area contributed by atoms with Gasteiger partial charge in [-0.15, -0.1) is 0 Å². The molecule has 0 spiro atoms. The lowest BCUT2D eigenvalue weighted by atomic mass is 10.3. The monoisotopic (exact) mass is 389 g/mol. The Bertz CT molecular complexity index is 593. The molecule has 1 atom stereocenters. The van der Waals surface area contributed by atoms with Crippen molar-refractivity contribution in [2.45, 2.75) is 6.10 Å². The first-order valence-electron chi connectivity index (χ1n) is 6.30. The zero-order chi connectivity index (χ0) is 15.2. The Kier molecular flexibility index (Phi) is 6.18. The molecule has 0 aliphatic rings. The van der Waals surface area contributed by atoms with Gasteiger partial charge in [0.2, 0.25) is 0 Å². The van der Waals surface area contributed by atoms with Crippen molar-refractivity contribution in [1.29, 1.82) is 0 Å². The predicted octanol–water partition coefficient (Wildman–Crippen LogP) is 4.61. The molecule has 0 saturated heterocycles. The fraction of sp³-hybridized carbons (Fsp3) is 0.200. The average Bonchev–Trinajstić information content (AvgIpc) is 2.48. The van der Waals surface area contributed by atoms with Gasteiger partial charge in [0.15, 0.2) is 0 Å². The average molecular weight is 391 g/mol. The molecule has 21 heavy (non-hydrogen) atoms. The summed E-state index contributed by atoms with van der Waals surface area (Å²) in [4.78, 5) is 0. The smallest absolute Gasteiger partial charge is 0.119 e. The van der Waals surface area contributed by atoms with Crippen molar-refractivity contribution in [3.63, 3.8) is 0 Å². The highest BCUT2D eigenvalue weighted by molar-refractivity contribution is 9.10. The maximum absolute atomic E-state index is 9.89. The molecule has 0 aromatic heterocycles. The van der Waals surface area contributed by atoms with Gasteiger partial charge in [-0.3, -0.25) is 0 Å². The summed E-state index contributed by atoms with van der Waals surface area (Å²) in [7, 11) is 0. The third-order valence-corrected chi connectivity index (χ3v) is 4.20. The number of halogens is 3. The SMILES string of the molecule is OC(CNc1ccc(Br)c(Cl)c1)COc1ccc(Cl)cc1. The molecular weight excluding hydrogens is 377 g/mol. The second-order valence-corrected chi connectivity index (χ2v) is 6.13. The van der Waals surface area contributed by atoms with Crippen molar-refractivity contribution in [3.05, 3.63) is 57.0 Å². The normalized spacial score (nSPS) is 12.0. The van der Waals surface area contributed by atoms with Gasteiger partial charge in [-0.2, -0.15) is 0 Å². The third-order valence-electron chi connectivity index (χ3n) is 2.72. The van der Waals surface area contributed by atoms with Crippen molar-refractivity contribution in [2.24, 2.45) is 0 Å². The topological polar surface area (TPSA) is 41.5 Å². The molecule has 2 aromatic rings. The first-order valence-corrected chi connectivity index (χ1v) is 7.85. The van der Waals surface area contributed by atoms with Gasteiger partial charge >= 0.3 is 0 Å². The van der Waals surface area contributed by atoms with Crippen molar-refractivity contribution >= 4 is 44.8 Å². The molecule has 2 aromatic carbocycles. The van der Waals surface area contributed by atoms with Crippen LogP contribution < -0.4 is 10.1 Å². The molecule has 1 unspecified atom stereocenters. The first kappa shape index (κ1) is 16.4. The molecule has 112 valence electrons. The first-order chi connectivity index (χ1) is 10.0. The van der Waals surface area contributed by atoms with Crippen LogP contribution in [0.2, 0.25) is 10.0 Å². The Morgan fingerprint density at radius 3 is 2.52 bits per heavy atom. The quantitative estimate of drug-likeness (QED) is 0.756. The number of benzene rings is 2. The molecule has 2 rings (SSSR count). The lowest BCUT2D eigenvalue weighted by Crippen LogP contribution is -2.26. The largest absolute Gasteiger partial charge is 0.491 e. The molecule has 0 saturated carbocycles. The lowest BCUT2D eigenvalue weighted by molar-refractivity contribution is 0.117. The van der Waals surface area contributed by atoms with Gasteiger partial charge in [-0.05, 0) is 58.4 Å². The van der Waals surface area contributed by atoms with Crippen LogP contribution in [0.3, 0.4) is 0 Å². The number of anilines is 1. The summed E-state index contributed by atoms with van der Waals surface area (Å²) in [5, 5.41) is 14.3. The van der Waals surface area contributed by atoms with Gasteiger partial charge in [0.25, 0.3) is 0 Å². The fourth-order valence-corrected chi connectivity index (χ4v) is 2.18. The van der Waals surface area contributed by atoms with E-state index < -0.39 is 6.10 Å². The number of aliphatic hydroxyl groups excluding tert-OH is 1. The van der Waals surface area contributed by atoms with Crippen molar-refractivity contribution in [3.8, 4) is 5.75 Å². The van der Waals surface area contributed by atoms with Crippen molar-refractivity contribution in [2.75, 3.05) is 18.5 Å². The lowest BCUT2D eigenvalue weighted by Gasteiger charge is -2.14. The molecule has 0 aliphatic carbocycles. The Morgan fingerprint density at radius 1 is 1.14 bits per heavy atom. The van der Waals surface area contributed by atoms with Crippen LogP contribution >= 0.6 is 39.1 Å². The Balaban J connectivity index is 1.77. The standard InChI is InChI=1S/C15H14BrCl2NO2/c16-14-6-3-11(7-15(14)18)19-8-12(20)9-21-13-4-1-10(17)2-5-13/h1-7,12,19-20H,8-9H2. The molecule has 0 heterocycles. The molecule has 0 radical (unpaired) electrons. The second kappa shape index (κ2) is 7.90. The number of hydrogen-bond acceptors (Lipinski definition) is 3. The summed E-state index contributed by atoms with van der Waals surface area (Å²) in [5.41, 5.74) is 0.841. The summed E-state index contributed by atoms with van der Waals surface area (Å²) in [6.45, 7) is 0.560. The fourth-order valence-electron chi connectivity index (χ4n) is 1.62.